The Balaban J connectivity index is 2.00. The van der Waals surface area contributed by atoms with Gasteiger partial charge in [-0.3, -0.25) is 4.72 Å². The van der Waals surface area contributed by atoms with Crippen LogP contribution in [0.15, 0.2) is 24.3 Å². The molecule has 0 saturated heterocycles. The van der Waals surface area contributed by atoms with Crippen LogP contribution >= 0.6 is 0 Å². The lowest BCUT2D eigenvalue weighted by Gasteiger charge is -2.07. The molecule has 1 N–H and O–H groups in total. The van der Waals surface area contributed by atoms with E-state index in [0.29, 0.717) is 18.0 Å². The van der Waals surface area contributed by atoms with Crippen LogP contribution in [0.4, 0.5) is 5.69 Å². The van der Waals surface area contributed by atoms with E-state index < -0.39 is 10.0 Å². The first-order valence-electron chi connectivity index (χ1n) is 5.55. The van der Waals surface area contributed by atoms with Crippen molar-refractivity contribution in [3.05, 3.63) is 29.8 Å². The van der Waals surface area contributed by atoms with Gasteiger partial charge in [0.1, 0.15) is 0 Å². The summed E-state index contributed by atoms with van der Waals surface area (Å²) in [4.78, 5) is 0. The Kier molecular flexibility index (Phi) is 3.34. The van der Waals surface area contributed by atoms with Gasteiger partial charge in [-0.2, -0.15) is 5.26 Å². The summed E-state index contributed by atoms with van der Waals surface area (Å²) in [5.74, 6) is 0.554. The van der Waals surface area contributed by atoms with E-state index in [-0.39, 0.29) is 5.75 Å². The highest BCUT2D eigenvalue weighted by Crippen LogP contribution is 2.30. The van der Waals surface area contributed by atoms with Crippen molar-refractivity contribution >= 4 is 15.7 Å². The summed E-state index contributed by atoms with van der Waals surface area (Å²) in [6.07, 6.45) is 2.37. The van der Waals surface area contributed by atoms with Crippen molar-refractivity contribution in [3.63, 3.8) is 0 Å². The standard InChI is InChI=1S/C12H14N2O2S/c13-8-7-10-3-5-12(6-4-10)14-17(15,16)9-11-1-2-11/h3-6,11,14H,1-2,7,9H2. The van der Waals surface area contributed by atoms with Gasteiger partial charge < -0.3 is 0 Å². The Hall–Kier alpha value is -1.54. The molecule has 0 radical (unpaired) electrons. The maximum Gasteiger partial charge on any atom is 0.232 e. The Labute approximate surface area is 101 Å². The molecule has 0 spiro atoms. The molecule has 0 aliphatic heterocycles. The monoisotopic (exact) mass is 250 g/mol. The second-order valence-electron chi connectivity index (χ2n) is 4.36. The predicted molar refractivity (Wildman–Crippen MR) is 65.9 cm³/mol. The molecule has 5 heteroatoms. The van der Waals surface area contributed by atoms with E-state index in [0.717, 1.165) is 18.4 Å². The summed E-state index contributed by atoms with van der Waals surface area (Å²) in [5.41, 5.74) is 1.45. The fourth-order valence-electron chi connectivity index (χ4n) is 1.60. The van der Waals surface area contributed by atoms with Gasteiger partial charge in [0, 0.05) is 5.69 Å². The first kappa shape index (κ1) is 11.9. The van der Waals surface area contributed by atoms with Crippen LogP contribution in [0, 0.1) is 17.2 Å². The van der Waals surface area contributed by atoms with Gasteiger partial charge in [0.2, 0.25) is 10.0 Å². The van der Waals surface area contributed by atoms with Crippen molar-refractivity contribution in [3.8, 4) is 6.07 Å². The van der Waals surface area contributed by atoms with E-state index in [1.807, 2.05) is 6.07 Å². The van der Waals surface area contributed by atoms with Gasteiger partial charge >= 0.3 is 0 Å². The van der Waals surface area contributed by atoms with Crippen molar-refractivity contribution in [2.75, 3.05) is 10.5 Å². The Morgan fingerprint density at radius 3 is 2.47 bits per heavy atom. The van der Waals surface area contributed by atoms with Gasteiger partial charge in [-0.1, -0.05) is 12.1 Å². The Morgan fingerprint density at radius 1 is 1.29 bits per heavy atom. The summed E-state index contributed by atoms with van der Waals surface area (Å²) in [7, 11) is -3.21. The molecular formula is C12H14N2O2S. The third kappa shape index (κ3) is 3.75. The van der Waals surface area contributed by atoms with Crippen molar-refractivity contribution in [2.24, 2.45) is 5.92 Å². The number of sulfonamides is 1. The molecular weight excluding hydrogens is 236 g/mol. The highest BCUT2D eigenvalue weighted by atomic mass is 32.2. The van der Waals surface area contributed by atoms with Gasteiger partial charge in [-0.15, -0.1) is 0 Å². The highest BCUT2D eigenvalue weighted by molar-refractivity contribution is 7.92. The minimum Gasteiger partial charge on any atom is -0.284 e. The van der Waals surface area contributed by atoms with Crippen molar-refractivity contribution < 1.29 is 8.42 Å². The van der Waals surface area contributed by atoms with Gasteiger partial charge in [-0.05, 0) is 36.5 Å². The van der Waals surface area contributed by atoms with Crippen molar-refractivity contribution in [1.29, 1.82) is 5.26 Å². The number of nitriles is 1. The van der Waals surface area contributed by atoms with Crippen molar-refractivity contribution in [1.82, 2.24) is 0 Å². The van der Waals surface area contributed by atoms with Gasteiger partial charge in [-0.25, -0.2) is 8.42 Å². The number of hydrogen-bond donors (Lipinski definition) is 1. The topological polar surface area (TPSA) is 70.0 Å². The maximum absolute atomic E-state index is 11.7. The minimum atomic E-state index is -3.21. The first-order chi connectivity index (χ1) is 8.09. The van der Waals surface area contributed by atoms with Crippen LogP contribution in [-0.2, 0) is 16.4 Å². The van der Waals surface area contributed by atoms with Crippen LogP contribution in [0.3, 0.4) is 0 Å². The van der Waals surface area contributed by atoms with Gasteiger partial charge in [0.25, 0.3) is 0 Å². The number of hydrogen-bond acceptors (Lipinski definition) is 3. The molecule has 17 heavy (non-hydrogen) atoms. The number of rotatable bonds is 5. The maximum atomic E-state index is 11.7. The Bertz CT molecular complexity index is 525. The van der Waals surface area contributed by atoms with Crippen LogP contribution in [0.2, 0.25) is 0 Å². The largest absolute Gasteiger partial charge is 0.284 e. The lowest BCUT2D eigenvalue weighted by molar-refractivity contribution is 0.597. The molecule has 0 aromatic heterocycles. The molecule has 0 unspecified atom stereocenters. The number of nitrogens with one attached hydrogen (secondary N) is 1. The highest BCUT2D eigenvalue weighted by Gasteiger charge is 2.27. The normalized spacial score (nSPS) is 15.2. The van der Waals surface area contributed by atoms with Crippen LogP contribution < -0.4 is 4.72 Å². The lowest BCUT2D eigenvalue weighted by Crippen LogP contribution is -2.17. The predicted octanol–water partition coefficient (Wildman–Crippen LogP) is 1.90. The van der Waals surface area contributed by atoms with Crippen LogP contribution in [0.25, 0.3) is 0 Å². The number of benzene rings is 1. The van der Waals surface area contributed by atoms with E-state index in [4.69, 9.17) is 5.26 Å². The molecule has 4 nitrogen and oxygen atoms in total. The third-order valence-electron chi connectivity index (χ3n) is 2.66. The van der Waals surface area contributed by atoms with E-state index in [1.165, 1.54) is 0 Å². The third-order valence-corrected chi connectivity index (χ3v) is 4.12. The summed E-state index contributed by atoms with van der Waals surface area (Å²) >= 11 is 0. The van der Waals surface area contributed by atoms with E-state index in [2.05, 4.69) is 4.72 Å². The molecule has 1 fully saturated rings. The van der Waals surface area contributed by atoms with Crippen LogP contribution in [0.1, 0.15) is 18.4 Å². The zero-order valence-corrected chi connectivity index (χ0v) is 10.2. The second-order valence-corrected chi connectivity index (χ2v) is 6.13. The Morgan fingerprint density at radius 2 is 1.94 bits per heavy atom. The average molecular weight is 250 g/mol. The van der Waals surface area contributed by atoms with Crippen molar-refractivity contribution in [2.45, 2.75) is 19.3 Å². The van der Waals surface area contributed by atoms with E-state index in [1.54, 1.807) is 24.3 Å². The van der Waals surface area contributed by atoms with Gasteiger partial charge in [0.15, 0.2) is 0 Å². The first-order valence-corrected chi connectivity index (χ1v) is 7.21. The quantitative estimate of drug-likeness (QED) is 0.867. The molecule has 1 aliphatic carbocycles. The number of nitrogens with zero attached hydrogens (tertiary/aromatic N) is 1. The molecule has 0 bridgehead atoms. The summed E-state index contributed by atoms with van der Waals surface area (Å²) in [5, 5.41) is 8.52. The molecule has 90 valence electrons. The molecule has 1 aromatic rings. The summed E-state index contributed by atoms with van der Waals surface area (Å²) in [6.45, 7) is 0. The molecule has 2 rings (SSSR count). The zero-order valence-electron chi connectivity index (χ0n) is 9.39. The summed E-state index contributed by atoms with van der Waals surface area (Å²) < 4.78 is 25.9. The fraction of sp³-hybridized carbons (Fsp3) is 0.417. The average Bonchev–Trinajstić information content (AvgIpc) is 3.04. The van der Waals surface area contributed by atoms with Gasteiger partial charge in [0.05, 0.1) is 18.2 Å². The van der Waals surface area contributed by atoms with Crippen LogP contribution in [-0.4, -0.2) is 14.2 Å². The SMILES string of the molecule is N#CCc1ccc(NS(=O)(=O)CC2CC2)cc1. The van der Waals surface area contributed by atoms with E-state index >= 15 is 0 Å². The molecule has 0 amide bonds. The summed E-state index contributed by atoms with van der Waals surface area (Å²) in [6, 6.07) is 8.95. The minimum absolute atomic E-state index is 0.215. The molecule has 0 heterocycles. The molecule has 0 atom stereocenters. The number of anilines is 1. The lowest BCUT2D eigenvalue weighted by atomic mass is 10.1. The van der Waals surface area contributed by atoms with Crippen LogP contribution in [0.5, 0.6) is 0 Å². The second kappa shape index (κ2) is 4.76. The smallest absolute Gasteiger partial charge is 0.232 e. The fourth-order valence-corrected chi connectivity index (χ4v) is 3.13. The molecule has 1 aliphatic rings. The molecule has 1 aromatic carbocycles. The zero-order chi connectivity index (χ0) is 12.3. The molecule has 1 saturated carbocycles. The van der Waals surface area contributed by atoms with E-state index in [9.17, 15) is 8.42 Å².